The SMILES string of the molecule is CC(=O)N1CCC(N(CCN2CCOCC2)Cc2ccc(C)s2)C[C@@H]1C(=O)NCCN. The summed E-state index contributed by atoms with van der Waals surface area (Å²) >= 11 is 1.83. The van der Waals surface area contributed by atoms with Crippen LogP contribution in [0.25, 0.3) is 0 Å². The third-order valence-corrected chi connectivity index (χ3v) is 7.19. The number of ether oxygens (including phenoxy) is 1. The van der Waals surface area contributed by atoms with Gasteiger partial charge in [-0.3, -0.25) is 19.4 Å². The summed E-state index contributed by atoms with van der Waals surface area (Å²) < 4.78 is 5.48. The minimum absolute atomic E-state index is 0.0416. The number of hydrogen-bond acceptors (Lipinski definition) is 7. The van der Waals surface area contributed by atoms with Crippen LogP contribution >= 0.6 is 11.3 Å². The molecule has 1 unspecified atom stereocenters. The molecule has 2 fully saturated rings. The van der Waals surface area contributed by atoms with Crippen molar-refractivity contribution < 1.29 is 14.3 Å². The number of carbonyl (C=O) groups excluding carboxylic acids is 2. The van der Waals surface area contributed by atoms with Gasteiger partial charge in [0, 0.05) is 75.1 Å². The van der Waals surface area contributed by atoms with E-state index in [-0.39, 0.29) is 17.9 Å². The van der Waals surface area contributed by atoms with Gasteiger partial charge in [0.15, 0.2) is 0 Å². The zero-order valence-electron chi connectivity index (χ0n) is 18.8. The quantitative estimate of drug-likeness (QED) is 0.573. The van der Waals surface area contributed by atoms with Crippen LogP contribution < -0.4 is 11.1 Å². The fraction of sp³-hybridized carbons (Fsp3) is 0.727. The van der Waals surface area contributed by atoms with Gasteiger partial charge >= 0.3 is 0 Å². The van der Waals surface area contributed by atoms with Gasteiger partial charge in [0.1, 0.15) is 6.04 Å². The Morgan fingerprint density at radius 1 is 1.29 bits per heavy atom. The van der Waals surface area contributed by atoms with Crippen LogP contribution in [-0.4, -0.2) is 97.6 Å². The van der Waals surface area contributed by atoms with E-state index in [2.05, 4.69) is 34.2 Å². The highest BCUT2D eigenvalue weighted by molar-refractivity contribution is 7.11. The van der Waals surface area contributed by atoms with Gasteiger partial charge in [0.05, 0.1) is 13.2 Å². The molecule has 0 saturated carbocycles. The van der Waals surface area contributed by atoms with Gasteiger partial charge in [-0.2, -0.15) is 0 Å². The summed E-state index contributed by atoms with van der Waals surface area (Å²) in [6, 6.07) is 4.20. The first-order chi connectivity index (χ1) is 15.0. The van der Waals surface area contributed by atoms with Crippen molar-refractivity contribution in [3.8, 4) is 0 Å². The van der Waals surface area contributed by atoms with Crippen molar-refractivity contribution in [2.45, 2.75) is 45.3 Å². The predicted octanol–water partition coefficient (Wildman–Crippen LogP) is 0.645. The number of aryl methyl sites for hydroxylation is 1. The number of amides is 2. The first kappa shape index (κ1) is 24.1. The maximum absolute atomic E-state index is 12.8. The third kappa shape index (κ3) is 6.98. The summed E-state index contributed by atoms with van der Waals surface area (Å²) in [6.07, 6.45) is 1.54. The molecule has 1 aromatic heterocycles. The summed E-state index contributed by atoms with van der Waals surface area (Å²) in [5, 5.41) is 2.89. The summed E-state index contributed by atoms with van der Waals surface area (Å²) in [4.78, 5) is 34.3. The lowest BCUT2D eigenvalue weighted by atomic mass is 9.94. The molecule has 31 heavy (non-hydrogen) atoms. The number of rotatable bonds is 9. The molecular formula is C22H37N5O3S. The Morgan fingerprint density at radius 2 is 2.06 bits per heavy atom. The molecule has 0 radical (unpaired) electrons. The first-order valence-electron chi connectivity index (χ1n) is 11.3. The van der Waals surface area contributed by atoms with Gasteiger partial charge in [-0.1, -0.05) is 0 Å². The number of likely N-dealkylation sites (tertiary alicyclic amines) is 1. The zero-order chi connectivity index (χ0) is 22.2. The average molecular weight is 452 g/mol. The molecule has 3 heterocycles. The van der Waals surface area contributed by atoms with E-state index < -0.39 is 6.04 Å². The molecule has 8 nitrogen and oxygen atoms in total. The highest BCUT2D eigenvalue weighted by atomic mass is 32.1. The number of carbonyl (C=O) groups is 2. The Morgan fingerprint density at radius 3 is 2.71 bits per heavy atom. The lowest BCUT2D eigenvalue weighted by Crippen LogP contribution is -2.57. The van der Waals surface area contributed by atoms with E-state index in [0.717, 1.165) is 52.4 Å². The van der Waals surface area contributed by atoms with Gasteiger partial charge in [0.2, 0.25) is 11.8 Å². The van der Waals surface area contributed by atoms with Gasteiger partial charge < -0.3 is 20.7 Å². The van der Waals surface area contributed by atoms with E-state index >= 15 is 0 Å². The molecular weight excluding hydrogens is 414 g/mol. The van der Waals surface area contributed by atoms with Crippen LogP contribution in [0.5, 0.6) is 0 Å². The molecule has 3 rings (SSSR count). The fourth-order valence-corrected chi connectivity index (χ4v) is 5.39. The van der Waals surface area contributed by atoms with Crippen molar-refractivity contribution in [1.82, 2.24) is 20.0 Å². The van der Waals surface area contributed by atoms with Crippen molar-refractivity contribution in [1.29, 1.82) is 0 Å². The molecule has 2 saturated heterocycles. The van der Waals surface area contributed by atoms with Crippen LogP contribution in [0, 0.1) is 6.92 Å². The van der Waals surface area contributed by atoms with E-state index in [1.54, 1.807) is 11.8 Å². The molecule has 0 spiro atoms. The van der Waals surface area contributed by atoms with Crippen molar-refractivity contribution in [2.24, 2.45) is 5.73 Å². The van der Waals surface area contributed by atoms with Crippen molar-refractivity contribution in [3.63, 3.8) is 0 Å². The number of piperidine rings is 1. The Balaban J connectivity index is 1.70. The van der Waals surface area contributed by atoms with Gasteiger partial charge in [0.25, 0.3) is 0 Å². The zero-order valence-corrected chi connectivity index (χ0v) is 19.7. The molecule has 2 aliphatic rings. The van der Waals surface area contributed by atoms with Crippen LogP contribution in [0.3, 0.4) is 0 Å². The van der Waals surface area contributed by atoms with Crippen LogP contribution in [0.2, 0.25) is 0 Å². The van der Waals surface area contributed by atoms with E-state index in [1.165, 1.54) is 9.75 Å². The number of nitrogens with two attached hydrogens (primary N) is 1. The van der Waals surface area contributed by atoms with Gasteiger partial charge in [-0.05, 0) is 31.9 Å². The number of nitrogens with zero attached hydrogens (tertiary/aromatic N) is 3. The third-order valence-electron chi connectivity index (χ3n) is 6.20. The number of nitrogens with one attached hydrogen (secondary N) is 1. The summed E-state index contributed by atoms with van der Waals surface area (Å²) in [5.41, 5.74) is 5.56. The molecule has 2 aliphatic heterocycles. The lowest BCUT2D eigenvalue weighted by molar-refractivity contribution is -0.142. The van der Waals surface area contributed by atoms with Crippen molar-refractivity contribution >= 4 is 23.2 Å². The average Bonchev–Trinajstić information content (AvgIpc) is 3.19. The Kier molecular flexibility index (Phi) is 9.28. The van der Waals surface area contributed by atoms with E-state index in [4.69, 9.17) is 10.5 Å². The maximum atomic E-state index is 12.8. The van der Waals surface area contributed by atoms with E-state index in [1.807, 2.05) is 11.3 Å². The Bertz CT molecular complexity index is 722. The molecule has 174 valence electrons. The second kappa shape index (κ2) is 11.9. The molecule has 2 amide bonds. The highest BCUT2D eigenvalue weighted by Crippen LogP contribution is 2.26. The number of thiophene rings is 1. The minimum Gasteiger partial charge on any atom is -0.379 e. The monoisotopic (exact) mass is 451 g/mol. The standard InChI is InChI=1S/C22H37N5O3S/c1-17-3-4-20(31-17)16-26(10-9-25-11-13-30-14-12-25)19-5-8-27(18(2)28)21(15-19)22(29)24-7-6-23/h3-4,19,21H,5-16,23H2,1-2H3,(H,24,29)/t19?,21-/m1/s1. The summed E-state index contributed by atoms with van der Waals surface area (Å²) in [5.74, 6) is -0.134. The lowest BCUT2D eigenvalue weighted by Gasteiger charge is -2.43. The molecule has 0 aliphatic carbocycles. The topological polar surface area (TPSA) is 91.1 Å². The Hall–Kier alpha value is -1.52. The van der Waals surface area contributed by atoms with Crippen LogP contribution in [0.4, 0.5) is 0 Å². The first-order valence-corrected chi connectivity index (χ1v) is 12.1. The van der Waals surface area contributed by atoms with E-state index in [0.29, 0.717) is 26.1 Å². The maximum Gasteiger partial charge on any atom is 0.242 e. The fourth-order valence-electron chi connectivity index (χ4n) is 4.47. The van der Waals surface area contributed by atoms with Crippen molar-refractivity contribution in [2.75, 3.05) is 59.0 Å². The molecule has 9 heteroatoms. The van der Waals surface area contributed by atoms with Crippen LogP contribution in [0.15, 0.2) is 12.1 Å². The van der Waals surface area contributed by atoms with Gasteiger partial charge in [-0.25, -0.2) is 0 Å². The molecule has 0 aromatic carbocycles. The highest BCUT2D eigenvalue weighted by Gasteiger charge is 2.37. The second-order valence-electron chi connectivity index (χ2n) is 8.42. The minimum atomic E-state index is -0.432. The van der Waals surface area contributed by atoms with Crippen LogP contribution in [-0.2, 0) is 20.9 Å². The molecule has 2 atom stereocenters. The van der Waals surface area contributed by atoms with Crippen molar-refractivity contribution in [3.05, 3.63) is 21.9 Å². The Labute approximate surface area is 189 Å². The largest absolute Gasteiger partial charge is 0.379 e. The summed E-state index contributed by atoms with van der Waals surface area (Å²) in [7, 11) is 0. The normalized spacial score (nSPS) is 22.6. The molecule has 1 aromatic rings. The molecule has 0 bridgehead atoms. The predicted molar refractivity (Wildman–Crippen MR) is 123 cm³/mol. The number of morpholine rings is 1. The second-order valence-corrected chi connectivity index (χ2v) is 9.80. The summed E-state index contributed by atoms with van der Waals surface area (Å²) in [6.45, 7) is 11.5. The van der Waals surface area contributed by atoms with Gasteiger partial charge in [-0.15, -0.1) is 11.3 Å². The van der Waals surface area contributed by atoms with E-state index in [9.17, 15) is 9.59 Å². The molecule has 3 N–H and O–H groups in total. The number of hydrogen-bond donors (Lipinski definition) is 2. The van der Waals surface area contributed by atoms with Crippen LogP contribution in [0.1, 0.15) is 29.5 Å². The smallest absolute Gasteiger partial charge is 0.242 e.